The summed E-state index contributed by atoms with van der Waals surface area (Å²) in [6.07, 6.45) is 1.61. The molecule has 3 N–H and O–H groups in total. The first kappa shape index (κ1) is 17.5. The van der Waals surface area contributed by atoms with E-state index in [0.29, 0.717) is 13.0 Å². The predicted octanol–water partition coefficient (Wildman–Crippen LogP) is -0.753. The number of rotatable bonds is 7. The van der Waals surface area contributed by atoms with Crippen LogP contribution in [-0.4, -0.2) is 52.8 Å². The van der Waals surface area contributed by atoms with Crippen molar-refractivity contribution in [3.05, 3.63) is 0 Å². The maximum absolute atomic E-state index is 12.2. The van der Waals surface area contributed by atoms with Crippen LogP contribution in [0.15, 0.2) is 0 Å². The largest absolute Gasteiger partial charge is 0.368 e. The van der Waals surface area contributed by atoms with E-state index in [2.05, 4.69) is 17.9 Å². The highest BCUT2D eigenvalue weighted by molar-refractivity contribution is 7.81. The Hall–Kier alpha value is -1.57. The number of nitrogens with two attached hydrogens (primary N) is 1. The number of likely N-dealkylation sites (tertiary alicyclic amines) is 1. The van der Waals surface area contributed by atoms with Crippen molar-refractivity contribution in [3.63, 3.8) is 0 Å². The minimum atomic E-state index is -0.894. The van der Waals surface area contributed by atoms with Gasteiger partial charge < -0.3 is 20.7 Å². The Morgan fingerprint density at radius 1 is 1.38 bits per heavy atom. The molecule has 1 aliphatic heterocycles. The van der Waals surface area contributed by atoms with Crippen LogP contribution in [0, 0.1) is 0 Å². The van der Waals surface area contributed by atoms with Crippen LogP contribution in [0.2, 0.25) is 0 Å². The van der Waals surface area contributed by atoms with E-state index in [4.69, 9.17) is 5.73 Å². The maximum atomic E-state index is 12.2. The van der Waals surface area contributed by atoms with Crippen LogP contribution in [0.3, 0.4) is 0 Å². The second kappa shape index (κ2) is 8.02. The minimum absolute atomic E-state index is 0.0351. The number of ketones is 1. The Morgan fingerprint density at radius 2 is 2.05 bits per heavy atom. The molecular formula is C13H21N3O4S. The van der Waals surface area contributed by atoms with Crippen LogP contribution in [0.4, 0.5) is 0 Å². The van der Waals surface area contributed by atoms with Gasteiger partial charge in [-0.3, -0.25) is 14.4 Å². The Labute approximate surface area is 129 Å². The molecule has 7 nitrogen and oxygen atoms in total. The second-order valence-corrected chi connectivity index (χ2v) is 5.42. The molecule has 1 rings (SSSR count). The fourth-order valence-electron chi connectivity index (χ4n) is 2.33. The number of hydrogen-bond donors (Lipinski definition) is 3. The zero-order chi connectivity index (χ0) is 16.0. The maximum Gasteiger partial charge on any atom is 0.243 e. The molecule has 118 valence electrons. The van der Waals surface area contributed by atoms with Crippen molar-refractivity contribution in [3.8, 4) is 0 Å². The topological polar surface area (TPSA) is 110 Å². The van der Waals surface area contributed by atoms with Crippen LogP contribution in [0.25, 0.3) is 0 Å². The summed E-state index contributed by atoms with van der Waals surface area (Å²) in [5.41, 5.74) is 5.23. The standard InChI is InChI=1S/C13H21N3O4S/c1-8(17)4-5-9(12(14)19)15-13(20)10-3-2-6-16(10)11(18)7-21/h9-10,21H,2-7H2,1H3,(H2,14,19)(H,15,20)/t9-,10-/m0/s1. The van der Waals surface area contributed by atoms with E-state index in [1.165, 1.54) is 11.8 Å². The van der Waals surface area contributed by atoms with Gasteiger partial charge in [-0.05, 0) is 26.2 Å². The summed E-state index contributed by atoms with van der Waals surface area (Å²) in [5, 5.41) is 2.54. The molecule has 0 spiro atoms. The van der Waals surface area contributed by atoms with E-state index in [-0.39, 0.29) is 30.3 Å². The van der Waals surface area contributed by atoms with Crippen molar-refractivity contribution in [2.45, 2.75) is 44.7 Å². The summed E-state index contributed by atoms with van der Waals surface area (Å²) >= 11 is 3.92. The number of hydrogen-bond acceptors (Lipinski definition) is 5. The monoisotopic (exact) mass is 315 g/mol. The molecule has 21 heavy (non-hydrogen) atoms. The van der Waals surface area contributed by atoms with Crippen molar-refractivity contribution in [2.24, 2.45) is 5.73 Å². The number of nitrogens with zero attached hydrogens (tertiary/aromatic N) is 1. The van der Waals surface area contributed by atoms with Crippen molar-refractivity contribution in [1.82, 2.24) is 10.2 Å². The molecule has 1 saturated heterocycles. The number of carbonyl (C=O) groups is 4. The van der Waals surface area contributed by atoms with Crippen LogP contribution in [-0.2, 0) is 19.2 Å². The zero-order valence-electron chi connectivity index (χ0n) is 12.0. The van der Waals surface area contributed by atoms with Crippen molar-refractivity contribution < 1.29 is 19.2 Å². The van der Waals surface area contributed by atoms with Gasteiger partial charge in [-0.2, -0.15) is 12.6 Å². The van der Waals surface area contributed by atoms with Crippen molar-refractivity contribution in [2.75, 3.05) is 12.3 Å². The van der Waals surface area contributed by atoms with Gasteiger partial charge in [0, 0.05) is 13.0 Å². The smallest absolute Gasteiger partial charge is 0.243 e. The second-order valence-electron chi connectivity index (χ2n) is 5.11. The molecule has 0 bridgehead atoms. The Bertz CT molecular complexity index is 441. The number of primary amides is 1. The molecule has 0 radical (unpaired) electrons. The molecular weight excluding hydrogens is 294 g/mol. The highest BCUT2D eigenvalue weighted by Crippen LogP contribution is 2.18. The van der Waals surface area contributed by atoms with E-state index >= 15 is 0 Å². The van der Waals surface area contributed by atoms with Gasteiger partial charge in [-0.1, -0.05) is 0 Å². The molecule has 1 aliphatic rings. The van der Waals surface area contributed by atoms with E-state index in [1.807, 2.05) is 0 Å². The SMILES string of the molecule is CC(=O)CC[C@H](NC(=O)[C@@H]1CCCN1C(=O)CS)C(N)=O. The normalized spacial score (nSPS) is 19.1. The molecule has 1 fully saturated rings. The third kappa shape index (κ3) is 5.04. The summed E-state index contributed by atoms with van der Waals surface area (Å²) in [6, 6.07) is -1.49. The highest BCUT2D eigenvalue weighted by atomic mass is 32.1. The van der Waals surface area contributed by atoms with Crippen LogP contribution >= 0.6 is 12.6 Å². The lowest BCUT2D eigenvalue weighted by Crippen LogP contribution is -2.52. The molecule has 1 heterocycles. The van der Waals surface area contributed by atoms with Gasteiger partial charge in [0.1, 0.15) is 17.9 Å². The highest BCUT2D eigenvalue weighted by Gasteiger charge is 2.34. The quantitative estimate of drug-likeness (QED) is 0.537. The average molecular weight is 315 g/mol. The van der Waals surface area contributed by atoms with Crippen LogP contribution in [0.1, 0.15) is 32.6 Å². The summed E-state index contributed by atoms with van der Waals surface area (Å²) in [5.74, 6) is -1.35. The van der Waals surface area contributed by atoms with Crippen molar-refractivity contribution >= 4 is 36.1 Å². The molecule has 0 aromatic rings. The average Bonchev–Trinajstić information content (AvgIpc) is 2.91. The fraction of sp³-hybridized carbons (Fsp3) is 0.692. The summed E-state index contributed by atoms with van der Waals surface area (Å²) in [7, 11) is 0. The number of nitrogens with one attached hydrogen (secondary N) is 1. The Morgan fingerprint density at radius 3 is 2.57 bits per heavy atom. The number of amides is 3. The van der Waals surface area contributed by atoms with Gasteiger partial charge in [-0.15, -0.1) is 0 Å². The molecule has 0 aliphatic carbocycles. The Kier molecular flexibility index (Phi) is 6.67. The minimum Gasteiger partial charge on any atom is -0.368 e. The van der Waals surface area contributed by atoms with E-state index in [0.717, 1.165) is 6.42 Å². The van der Waals surface area contributed by atoms with Gasteiger partial charge in [0.05, 0.1) is 5.75 Å². The van der Waals surface area contributed by atoms with E-state index in [1.54, 1.807) is 0 Å². The van der Waals surface area contributed by atoms with Crippen LogP contribution < -0.4 is 11.1 Å². The third-order valence-electron chi connectivity index (χ3n) is 3.46. The van der Waals surface area contributed by atoms with E-state index in [9.17, 15) is 19.2 Å². The van der Waals surface area contributed by atoms with Gasteiger partial charge in [0.2, 0.25) is 17.7 Å². The molecule has 8 heteroatoms. The van der Waals surface area contributed by atoms with Crippen LogP contribution in [0.5, 0.6) is 0 Å². The molecule has 0 aromatic heterocycles. The first-order chi connectivity index (χ1) is 9.86. The molecule has 0 saturated carbocycles. The summed E-state index contributed by atoms with van der Waals surface area (Å²) < 4.78 is 0. The molecule has 0 unspecified atom stereocenters. The molecule has 0 aromatic carbocycles. The summed E-state index contributed by atoms with van der Waals surface area (Å²) in [6.45, 7) is 1.91. The lowest BCUT2D eigenvalue weighted by atomic mass is 10.1. The zero-order valence-corrected chi connectivity index (χ0v) is 12.9. The lowest BCUT2D eigenvalue weighted by molar-refractivity contribution is -0.137. The first-order valence-electron chi connectivity index (χ1n) is 6.86. The molecule has 2 atom stereocenters. The molecule has 3 amide bonds. The van der Waals surface area contributed by atoms with Gasteiger partial charge in [0.15, 0.2) is 0 Å². The fourth-order valence-corrected chi connectivity index (χ4v) is 2.51. The number of thiol groups is 1. The van der Waals surface area contributed by atoms with Gasteiger partial charge in [-0.25, -0.2) is 0 Å². The first-order valence-corrected chi connectivity index (χ1v) is 7.49. The van der Waals surface area contributed by atoms with Gasteiger partial charge in [0.25, 0.3) is 0 Å². The van der Waals surface area contributed by atoms with E-state index < -0.39 is 23.9 Å². The van der Waals surface area contributed by atoms with Crippen molar-refractivity contribution in [1.29, 1.82) is 0 Å². The third-order valence-corrected chi connectivity index (χ3v) is 3.73. The van der Waals surface area contributed by atoms with Gasteiger partial charge >= 0.3 is 0 Å². The lowest BCUT2D eigenvalue weighted by Gasteiger charge is -2.25. The predicted molar refractivity (Wildman–Crippen MR) is 79.6 cm³/mol. The number of carbonyl (C=O) groups excluding carboxylic acids is 4. The number of Topliss-reactive ketones (excluding diaryl/α,β-unsaturated/α-hetero) is 1. The Balaban J connectivity index is 2.66. The summed E-state index contributed by atoms with van der Waals surface area (Å²) in [4.78, 5) is 47.7.